The molecule has 16 heavy (non-hydrogen) atoms. The minimum atomic E-state index is -4.09. The lowest BCUT2D eigenvalue weighted by molar-refractivity contribution is -0.135. The van der Waals surface area contributed by atoms with Gasteiger partial charge in [-0.2, -0.15) is 13.2 Å². The molecule has 88 valence electrons. The van der Waals surface area contributed by atoms with E-state index in [0.29, 0.717) is 6.42 Å². The number of nitrogens with one attached hydrogen (secondary N) is 1. The first kappa shape index (κ1) is 11.5. The number of alkyl halides is 3. The van der Waals surface area contributed by atoms with Crippen LogP contribution in [0.3, 0.4) is 0 Å². The molecule has 0 radical (unpaired) electrons. The van der Waals surface area contributed by atoms with Crippen LogP contribution in [0.4, 0.5) is 13.2 Å². The van der Waals surface area contributed by atoms with Crippen LogP contribution in [0.25, 0.3) is 0 Å². The van der Waals surface area contributed by atoms with E-state index in [-0.39, 0.29) is 0 Å². The van der Waals surface area contributed by atoms with E-state index < -0.39 is 24.2 Å². The van der Waals surface area contributed by atoms with Crippen LogP contribution in [0.2, 0.25) is 0 Å². The standard InChI is InChI=1S/C12H14F3N/c1-2-11(9-6-4-3-5-7-9)10(16-11)8-12(13,14)15/h3-7,10,16H,2,8H2,1H3/t10-,11-/m1/s1. The van der Waals surface area contributed by atoms with Gasteiger partial charge in [0, 0.05) is 6.04 Å². The lowest BCUT2D eigenvalue weighted by Crippen LogP contribution is -2.18. The Morgan fingerprint density at radius 1 is 1.25 bits per heavy atom. The van der Waals surface area contributed by atoms with E-state index in [1.54, 1.807) is 0 Å². The first-order chi connectivity index (χ1) is 7.48. The Labute approximate surface area is 92.7 Å². The van der Waals surface area contributed by atoms with Gasteiger partial charge in [0.2, 0.25) is 0 Å². The SMILES string of the molecule is CC[C@]1(c2ccccc2)N[C@@H]1CC(F)(F)F. The monoisotopic (exact) mass is 229 g/mol. The second kappa shape index (κ2) is 3.77. The summed E-state index contributed by atoms with van der Waals surface area (Å²) in [4.78, 5) is 0. The van der Waals surface area contributed by atoms with Gasteiger partial charge in [-0.3, -0.25) is 0 Å². The lowest BCUT2D eigenvalue weighted by atomic mass is 9.91. The van der Waals surface area contributed by atoms with Gasteiger partial charge in [-0.1, -0.05) is 37.3 Å². The summed E-state index contributed by atoms with van der Waals surface area (Å²) in [6.45, 7) is 1.91. The van der Waals surface area contributed by atoms with Crippen molar-refractivity contribution in [2.24, 2.45) is 0 Å². The molecule has 4 heteroatoms. The van der Waals surface area contributed by atoms with E-state index in [4.69, 9.17) is 0 Å². The molecule has 1 saturated heterocycles. The molecule has 1 fully saturated rings. The average molecular weight is 229 g/mol. The van der Waals surface area contributed by atoms with Crippen molar-refractivity contribution in [2.75, 3.05) is 0 Å². The van der Waals surface area contributed by atoms with Crippen molar-refractivity contribution >= 4 is 0 Å². The summed E-state index contributed by atoms with van der Waals surface area (Å²) in [5.74, 6) is 0. The first-order valence-corrected chi connectivity index (χ1v) is 5.38. The minimum Gasteiger partial charge on any atom is -0.301 e. The molecule has 0 aliphatic carbocycles. The second-order valence-electron chi connectivity index (χ2n) is 4.21. The van der Waals surface area contributed by atoms with Crippen LogP contribution in [0, 0.1) is 0 Å². The maximum atomic E-state index is 12.3. The van der Waals surface area contributed by atoms with Crippen molar-refractivity contribution in [3.8, 4) is 0 Å². The zero-order valence-corrected chi connectivity index (χ0v) is 9.01. The first-order valence-electron chi connectivity index (χ1n) is 5.38. The van der Waals surface area contributed by atoms with Gasteiger partial charge in [0.05, 0.1) is 12.0 Å². The molecule has 0 bridgehead atoms. The molecular weight excluding hydrogens is 215 g/mol. The van der Waals surface area contributed by atoms with Crippen LogP contribution >= 0.6 is 0 Å². The zero-order valence-electron chi connectivity index (χ0n) is 9.01. The maximum Gasteiger partial charge on any atom is 0.390 e. The number of rotatable bonds is 3. The summed E-state index contributed by atoms with van der Waals surface area (Å²) in [5, 5.41) is 2.98. The van der Waals surface area contributed by atoms with Crippen molar-refractivity contribution in [3.63, 3.8) is 0 Å². The highest BCUT2D eigenvalue weighted by atomic mass is 19.4. The van der Waals surface area contributed by atoms with Crippen LogP contribution in [0.1, 0.15) is 25.3 Å². The van der Waals surface area contributed by atoms with Gasteiger partial charge in [0.15, 0.2) is 0 Å². The summed E-state index contributed by atoms with van der Waals surface area (Å²) in [6, 6.07) is 8.88. The molecule has 1 aliphatic heterocycles. The number of hydrogen-bond acceptors (Lipinski definition) is 1. The molecule has 0 amide bonds. The number of benzene rings is 1. The summed E-state index contributed by atoms with van der Waals surface area (Å²) in [5.41, 5.74) is 0.489. The van der Waals surface area contributed by atoms with Crippen LogP contribution in [-0.4, -0.2) is 12.2 Å². The topological polar surface area (TPSA) is 21.9 Å². The van der Waals surface area contributed by atoms with Gasteiger partial charge in [0.1, 0.15) is 0 Å². The molecule has 1 nitrogen and oxygen atoms in total. The maximum absolute atomic E-state index is 12.3. The predicted octanol–water partition coefficient (Wildman–Crippen LogP) is 3.22. The molecule has 0 spiro atoms. The molecule has 0 aromatic heterocycles. The van der Waals surface area contributed by atoms with E-state index in [9.17, 15) is 13.2 Å². The van der Waals surface area contributed by atoms with Crippen LogP contribution < -0.4 is 5.32 Å². The van der Waals surface area contributed by atoms with Gasteiger partial charge >= 0.3 is 6.18 Å². The van der Waals surface area contributed by atoms with Crippen LogP contribution in [0.5, 0.6) is 0 Å². The zero-order chi connectivity index (χ0) is 11.8. The van der Waals surface area contributed by atoms with Gasteiger partial charge in [-0.25, -0.2) is 0 Å². The highest BCUT2D eigenvalue weighted by Crippen LogP contribution is 2.45. The summed E-state index contributed by atoms with van der Waals surface area (Å²) >= 11 is 0. The van der Waals surface area contributed by atoms with Crippen LogP contribution in [-0.2, 0) is 5.54 Å². The second-order valence-corrected chi connectivity index (χ2v) is 4.21. The fourth-order valence-electron chi connectivity index (χ4n) is 2.30. The smallest absolute Gasteiger partial charge is 0.301 e. The summed E-state index contributed by atoms with van der Waals surface area (Å²) < 4.78 is 36.9. The fraction of sp³-hybridized carbons (Fsp3) is 0.500. The highest BCUT2D eigenvalue weighted by molar-refractivity contribution is 5.34. The third-order valence-corrected chi connectivity index (χ3v) is 3.23. The molecule has 1 aromatic carbocycles. The van der Waals surface area contributed by atoms with Gasteiger partial charge in [-0.15, -0.1) is 0 Å². The van der Waals surface area contributed by atoms with E-state index in [2.05, 4.69) is 5.32 Å². The third-order valence-electron chi connectivity index (χ3n) is 3.23. The Kier molecular flexibility index (Phi) is 2.70. The molecule has 1 aliphatic rings. The van der Waals surface area contributed by atoms with Gasteiger partial charge in [0.25, 0.3) is 0 Å². The Bertz CT molecular complexity index is 360. The van der Waals surface area contributed by atoms with Gasteiger partial charge < -0.3 is 5.32 Å². The normalized spacial score (nSPS) is 29.1. The van der Waals surface area contributed by atoms with Crippen LogP contribution in [0.15, 0.2) is 30.3 Å². The van der Waals surface area contributed by atoms with Crippen molar-refractivity contribution < 1.29 is 13.2 Å². The van der Waals surface area contributed by atoms with Crippen molar-refractivity contribution in [3.05, 3.63) is 35.9 Å². The van der Waals surface area contributed by atoms with Gasteiger partial charge in [-0.05, 0) is 12.0 Å². The average Bonchev–Trinajstić information content (AvgIpc) is 2.91. The largest absolute Gasteiger partial charge is 0.390 e. The van der Waals surface area contributed by atoms with Crippen molar-refractivity contribution in [2.45, 2.75) is 37.5 Å². The molecule has 1 aromatic rings. The Morgan fingerprint density at radius 3 is 2.38 bits per heavy atom. The highest BCUT2D eigenvalue weighted by Gasteiger charge is 2.56. The van der Waals surface area contributed by atoms with Crippen molar-refractivity contribution in [1.82, 2.24) is 5.32 Å². The molecule has 1 heterocycles. The van der Waals surface area contributed by atoms with E-state index in [1.165, 1.54) is 0 Å². The van der Waals surface area contributed by atoms with E-state index >= 15 is 0 Å². The van der Waals surface area contributed by atoms with E-state index in [0.717, 1.165) is 5.56 Å². The summed E-state index contributed by atoms with van der Waals surface area (Å²) in [6.07, 6.45) is -4.17. The predicted molar refractivity (Wildman–Crippen MR) is 56.0 cm³/mol. The molecule has 0 unspecified atom stereocenters. The Morgan fingerprint density at radius 2 is 1.88 bits per heavy atom. The Hall–Kier alpha value is -1.03. The Balaban J connectivity index is 2.14. The van der Waals surface area contributed by atoms with Crippen molar-refractivity contribution in [1.29, 1.82) is 0 Å². The summed E-state index contributed by atoms with van der Waals surface area (Å²) in [7, 11) is 0. The molecule has 0 saturated carbocycles. The number of halogens is 3. The third kappa shape index (κ3) is 2.07. The molecular formula is C12H14F3N. The number of hydrogen-bond donors (Lipinski definition) is 1. The molecule has 2 rings (SSSR count). The lowest BCUT2D eigenvalue weighted by Gasteiger charge is -2.14. The van der Waals surface area contributed by atoms with E-state index in [1.807, 2.05) is 37.3 Å². The minimum absolute atomic E-state index is 0.462. The fourth-order valence-corrected chi connectivity index (χ4v) is 2.30. The molecule has 2 atom stereocenters. The quantitative estimate of drug-likeness (QED) is 0.790. The molecule has 1 N–H and O–H groups in total.